The van der Waals surface area contributed by atoms with Crippen LogP contribution in [0.4, 0.5) is 13.2 Å². The summed E-state index contributed by atoms with van der Waals surface area (Å²) in [4.78, 5) is 3.05. The zero-order valence-corrected chi connectivity index (χ0v) is 8.88. The fourth-order valence-corrected chi connectivity index (χ4v) is 1.22. The largest absolute Gasteiger partial charge is 0.436 e. The van der Waals surface area contributed by atoms with Crippen molar-refractivity contribution in [3.05, 3.63) is 53.5 Å². The number of nitrogens with zero attached hydrogens (tertiary/aromatic N) is 1. The Morgan fingerprint density at radius 1 is 1.00 bits per heavy atom. The van der Waals surface area contributed by atoms with E-state index in [0.29, 0.717) is 11.8 Å². The fraction of sp³-hybridized carbons (Fsp3) is 0.0833. The minimum absolute atomic E-state index is 0.299. The molecule has 0 aliphatic carbocycles. The molecule has 88 valence electrons. The molecule has 0 aliphatic rings. The van der Waals surface area contributed by atoms with E-state index in [4.69, 9.17) is 4.74 Å². The number of rotatable bonds is 2. The maximum Gasteiger partial charge on any atom is 0.258 e. The first kappa shape index (κ1) is 11.4. The Labute approximate surface area is 95.7 Å². The molecule has 2 aromatic rings. The van der Waals surface area contributed by atoms with E-state index in [1.165, 1.54) is 0 Å². The summed E-state index contributed by atoms with van der Waals surface area (Å²) in [5.41, 5.74) is 0.996. The molecule has 0 unspecified atom stereocenters. The molecule has 0 amide bonds. The zero-order valence-electron chi connectivity index (χ0n) is 8.88. The van der Waals surface area contributed by atoms with Gasteiger partial charge in [-0.3, -0.25) is 0 Å². The number of pyridine rings is 1. The Balaban J connectivity index is 2.30. The van der Waals surface area contributed by atoms with E-state index < -0.39 is 23.5 Å². The van der Waals surface area contributed by atoms with Crippen molar-refractivity contribution in [2.45, 2.75) is 6.92 Å². The predicted molar refractivity (Wildman–Crippen MR) is 55.4 cm³/mol. The SMILES string of the molecule is Cc1ccc(Oc2nc(F)c(F)cc2F)cc1. The van der Waals surface area contributed by atoms with Crippen molar-refractivity contribution in [1.82, 2.24) is 4.98 Å². The number of benzene rings is 1. The van der Waals surface area contributed by atoms with Gasteiger partial charge < -0.3 is 4.74 Å². The summed E-state index contributed by atoms with van der Waals surface area (Å²) < 4.78 is 43.6. The lowest BCUT2D eigenvalue weighted by Crippen LogP contribution is -1.97. The van der Waals surface area contributed by atoms with E-state index in [2.05, 4.69) is 4.98 Å². The lowest BCUT2D eigenvalue weighted by Gasteiger charge is -2.06. The molecule has 5 heteroatoms. The Morgan fingerprint density at radius 2 is 1.65 bits per heavy atom. The van der Waals surface area contributed by atoms with Crippen LogP contribution in [0.3, 0.4) is 0 Å². The average molecular weight is 239 g/mol. The van der Waals surface area contributed by atoms with Gasteiger partial charge in [0.1, 0.15) is 5.75 Å². The summed E-state index contributed by atoms with van der Waals surface area (Å²) in [6.07, 6.45) is 0. The third-order valence-corrected chi connectivity index (χ3v) is 2.09. The molecule has 0 spiro atoms. The average Bonchev–Trinajstić information content (AvgIpc) is 2.29. The highest BCUT2D eigenvalue weighted by Crippen LogP contribution is 2.23. The van der Waals surface area contributed by atoms with Crippen LogP contribution in [0.2, 0.25) is 0 Å². The van der Waals surface area contributed by atoms with Gasteiger partial charge in [0.25, 0.3) is 11.8 Å². The van der Waals surface area contributed by atoms with Gasteiger partial charge in [0.15, 0.2) is 11.6 Å². The van der Waals surface area contributed by atoms with Gasteiger partial charge in [-0.2, -0.15) is 9.37 Å². The van der Waals surface area contributed by atoms with Crippen molar-refractivity contribution in [3.8, 4) is 11.6 Å². The molecule has 0 N–H and O–H groups in total. The molecular formula is C12H8F3NO. The molecule has 0 saturated carbocycles. The van der Waals surface area contributed by atoms with Crippen molar-refractivity contribution in [2.24, 2.45) is 0 Å². The first-order chi connectivity index (χ1) is 8.06. The minimum Gasteiger partial charge on any atom is -0.436 e. The van der Waals surface area contributed by atoms with Crippen molar-refractivity contribution < 1.29 is 17.9 Å². The van der Waals surface area contributed by atoms with Crippen LogP contribution >= 0.6 is 0 Å². The number of hydrogen-bond acceptors (Lipinski definition) is 2. The maximum absolute atomic E-state index is 13.2. The van der Waals surface area contributed by atoms with Gasteiger partial charge in [-0.05, 0) is 19.1 Å². The van der Waals surface area contributed by atoms with Crippen LogP contribution in [-0.4, -0.2) is 4.98 Å². The lowest BCUT2D eigenvalue weighted by molar-refractivity contribution is 0.387. The molecule has 0 aliphatic heterocycles. The second kappa shape index (κ2) is 4.45. The second-order valence-electron chi connectivity index (χ2n) is 3.46. The molecule has 0 atom stereocenters. The molecule has 0 fully saturated rings. The van der Waals surface area contributed by atoms with E-state index >= 15 is 0 Å². The fourth-order valence-electron chi connectivity index (χ4n) is 1.22. The second-order valence-corrected chi connectivity index (χ2v) is 3.46. The van der Waals surface area contributed by atoms with Gasteiger partial charge in [-0.25, -0.2) is 8.78 Å². The van der Waals surface area contributed by atoms with E-state index in [1.807, 2.05) is 6.92 Å². The zero-order chi connectivity index (χ0) is 12.4. The lowest BCUT2D eigenvalue weighted by atomic mass is 10.2. The predicted octanol–water partition coefficient (Wildman–Crippen LogP) is 3.60. The van der Waals surface area contributed by atoms with Crippen LogP contribution in [0.15, 0.2) is 30.3 Å². The van der Waals surface area contributed by atoms with Gasteiger partial charge >= 0.3 is 0 Å². The third-order valence-electron chi connectivity index (χ3n) is 2.09. The number of aromatic nitrogens is 1. The summed E-state index contributed by atoms with van der Waals surface area (Å²) in [5.74, 6) is -4.09. The van der Waals surface area contributed by atoms with Crippen LogP contribution < -0.4 is 4.74 Å². The molecule has 1 aromatic carbocycles. The highest BCUT2D eigenvalue weighted by atomic mass is 19.2. The van der Waals surface area contributed by atoms with Crippen LogP contribution in [0, 0.1) is 24.5 Å². The van der Waals surface area contributed by atoms with Crippen LogP contribution in [0.1, 0.15) is 5.56 Å². The highest BCUT2D eigenvalue weighted by Gasteiger charge is 2.13. The minimum atomic E-state index is -1.39. The van der Waals surface area contributed by atoms with Gasteiger partial charge in [0.05, 0.1) is 0 Å². The van der Waals surface area contributed by atoms with Gasteiger partial charge in [0, 0.05) is 6.07 Å². The smallest absolute Gasteiger partial charge is 0.258 e. The molecule has 17 heavy (non-hydrogen) atoms. The first-order valence-electron chi connectivity index (χ1n) is 4.82. The molecular weight excluding hydrogens is 231 g/mol. The Kier molecular flexibility index (Phi) is 2.99. The van der Waals surface area contributed by atoms with E-state index in [-0.39, 0.29) is 0 Å². The molecule has 0 radical (unpaired) electrons. The van der Waals surface area contributed by atoms with Crippen molar-refractivity contribution in [2.75, 3.05) is 0 Å². The summed E-state index contributed by atoms with van der Waals surface area (Å²) in [6.45, 7) is 1.88. The quantitative estimate of drug-likeness (QED) is 0.747. The molecule has 1 aromatic heterocycles. The summed E-state index contributed by atoms with van der Waals surface area (Å²) in [5, 5.41) is 0. The molecule has 0 saturated heterocycles. The van der Waals surface area contributed by atoms with Gasteiger partial charge in [-0.15, -0.1) is 0 Å². The van der Waals surface area contributed by atoms with Crippen molar-refractivity contribution >= 4 is 0 Å². The monoisotopic (exact) mass is 239 g/mol. The molecule has 0 bridgehead atoms. The maximum atomic E-state index is 13.2. The Hall–Kier alpha value is -2.04. The standard InChI is InChI=1S/C12H8F3NO/c1-7-2-4-8(5-3-7)17-12-10(14)6-9(13)11(15)16-12/h2-6H,1H3. The Morgan fingerprint density at radius 3 is 2.29 bits per heavy atom. The third kappa shape index (κ3) is 2.55. The van der Waals surface area contributed by atoms with E-state index in [0.717, 1.165) is 5.56 Å². The van der Waals surface area contributed by atoms with Crippen LogP contribution in [0.25, 0.3) is 0 Å². The van der Waals surface area contributed by atoms with Crippen LogP contribution in [0.5, 0.6) is 11.6 Å². The number of aryl methyl sites for hydroxylation is 1. The number of halogens is 3. The molecule has 2 nitrogen and oxygen atoms in total. The topological polar surface area (TPSA) is 22.1 Å². The summed E-state index contributed by atoms with van der Waals surface area (Å²) >= 11 is 0. The molecule has 1 heterocycles. The van der Waals surface area contributed by atoms with E-state index in [9.17, 15) is 13.2 Å². The first-order valence-corrected chi connectivity index (χ1v) is 4.82. The van der Waals surface area contributed by atoms with Crippen molar-refractivity contribution in [3.63, 3.8) is 0 Å². The summed E-state index contributed by atoms with van der Waals surface area (Å²) in [6, 6.07) is 7.04. The van der Waals surface area contributed by atoms with Gasteiger partial charge in [0.2, 0.25) is 0 Å². The normalized spacial score (nSPS) is 10.4. The van der Waals surface area contributed by atoms with E-state index in [1.54, 1.807) is 24.3 Å². The summed E-state index contributed by atoms with van der Waals surface area (Å²) in [7, 11) is 0. The number of ether oxygens (including phenoxy) is 1. The highest BCUT2D eigenvalue weighted by molar-refractivity contribution is 5.30. The number of hydrogen-bond donors (Lipinski definition) is 0. The Bertz CT molecular complexity index is 540. The molecule has 2 rings (SSSR count). The van der Waals surface area contributed by atoms with Crippen LogP contribution in [-0.2, 0) is 0 Å². The van der Waals surface area contributed by atoms with Crippen molar-refractivity contribution in [1.29, 1.82) is 0 Å². The van der Waals surface area contributed by atoms with Gasteiger partial charge in [-0.1, -0.05) is 17.7 Å².